The molecule has 0 aliphatic carbocycles. The van der Waals surface area contributed by atoms with Gasteiger partial charge >= 0.3 is 0 Å². The highest BCUT2D eigenvalue weighted by atomic mass is 35.5. The first-order valence-electron chi connectivity index (χ1n) is 9.84. The lowest BCUT2D eigenvalue weighted by molar-refractivity contribution is 0.301. The van der Waals surface area contributed by atoms with Crippen LogP contribution in [0.3, 0.4) is 0 Å². The molecular formula is C25H28ClNO. The number of halogens is 1. The van der Waals surface area contributed by atoms with Crippen molar-refractivity contribution in [3.63, 3.8) is 0 Å². The van der Waals surface area contributed by atoms with Crippen molar-refractivity contribution >= 4 is 11.6 Å². The summed E-state index contributed by atoms with van der Waals surface area (Å²) < 4.78 is 6.08. The summed E-state index contributed by atoms with van der Waals surface area (Å²) in [6.45, 7) is 5.60. The summed E-state index contributed by atoms with van der Waals surface area (Å²) in [4.78, 5) is 0. The van der Waals surface area contributed by atoms with Crippen molar-refractivity contribution in [2.45, 2.75) is 45.9 Å². The summed E-state index contributed by atoms with van der Waals surface area (Å²) in [5.74, 6) is 0.882. The molecule has 146 valence electrons. The van der Waals surface area contributed by atoms with Crippen LogP contribution in [0.2, 0.25) is 5.02 Å². The van der Waals surface area contributed by atoms with Crippen molar-refractivity contribution in [2.75, 3.05) is 0 Å². The molecule has 0 aromatic heterocycles. The number of rotatable bonds is 9. The molecule has 3 rings (SSSR count). The average molecular weight is 394 g/mol. The maximum Gasteiger partial charge on any atom is 0.124 e. The average Bonchev–Trinajstić information content (AvgIpc) is 2.72. The Morgan fingerprint density at radius 2 is 1.68 bits per heavy atom. The van der Waals surface area contributed by atoms with Gasteiger partial charge < -0.3 is 10.1 Å². The second kappa shape index (κ2) is 10.3. The Balaban J connectivity index is 1.55. The molecule has 0 aliphatic heterocycles. The van der Waals surface area contributed by atoms with E-state index in [-0.39, 0.29) is 0 Å². The molecular weight excluding hydrogens is 366 g/mol. The Bertz CT molecular complexity index is 861. The van der Waals surface area contributed by atoms with Gasteiger partial charge in [-0.3, -0.25) is 0 Å². The molecule has 1 atom stereocenters. The lowest BCUT2D eigenvalue weighted by Gasteiger charge is -2.17. The number of hydrogen-bond acceptors (Lipinski definition) is 2. The zero-order valence-corrected chi connectivity index (χ0v) is 17.4. The van der Waals surface area contributed by atoms with Gasteiger partial charge in [0, 0.05) is 23.2 Å². The molecule has 1 N–H and O–H groups in total. The van der Waals surface area contributed by atoms with Crippen LogP contribution in [-0.2, 0) is 19.6 Å². The van der Waals surface area contributed by atoms with Crippen molar-refractivity contribution in [1.82, 2.24) is 5.32 Å². The zero-order chi connectivity index (χ0) is 19.8. The summed E-state index contributed by atoms with van der Waals surface area (Å²) in [5.41, 5.74) is 4.88. The molecule has 0 aliphatic rings. The Morgan fingerprint density at radius 1 is 0.929 bits per heavy atom. The van der Waals surface area contributed by atoms with E-state index in [2.05, 4.69) is 73.8 Å². The van der Waals surface area contributed by atoms with Crippen LogP contribution in [0.15, 0.2) is 72.8 Å². The van der Waals surface area contributed by atoms with Gasteiger partial charge in [0.05, 0.1) is 0 Å². The van der Waals surface area contributed by atoms with E-state index in [1.165, 1.54) is 11.1 Å². The number of hydrogen-bond donors (Lipinski definition) is 1. The van der Waals surface area contributed by atoms with Crippen molar-refractivity contribution in [1.29, 1.82) is 0 Å². The molecule has 3 aromatic carbocycles. The predicted molar refractivity (Wildman–Crippen MR) is 118 cm³/mol. The highest BCUT2D eigenvalue weighted by Crippen LogP contribution is 2.24. The van der Waals surface area contributed by atoms with E-state index in [0.717, 1.165) is 41.3 Å². The van der Waals surface area contributed by atoms with Crippen molar-refractivity contribution in [2.24, 2.45) is 0 Å². The first-order valence-corrected chi connectivity index (χ1v) is 10.2. The maximum atomic E-state index is 6.22. The van der Waals surface area contributed by atoms with E-state index in [0.29, 0.717) is 12.6 Å². The van der Waals surface area contributed by atoms with Gasteiger partial charge in [0.25, 0.3) is 0 Å². The number of nitrogens with one attached hydrogen (secondary N) is 1. The maximum absolute atomic E-state index is 6.22. The Kier molecular flexibility index (Phi) is 7.53. The fourth-order valence-corrected chi connectivity index (χ4v) is 3.28. The fourth-order valence-electron chi connectivity index (χ4n) is 3.09. The van der Waals surface area contributed by atoms with Gasteiger partial charge in [-0.2, -0.15) is 0 Å². The van der Waals surface area contributed by atoms with Crippen LogP contribution in [0.1, 0.15) is 35.6 Å². The lowest BCUT2D eigenvalue weighted by atomic mass is 10.1. The molecule has 0 unspecified atom stereocenters. The molecule has 3 aromatic rings. The van der Waals surface area contributed by atoms with Gasteiger partial charge in [-0.25, -0.2) is 0 Å². The SMILES string of the molecule is Cc1ccc(COc2ccc(Cl)cc2CN[C@H](C)CCc2ccccc2)cc1. The van der Waals surface area contributed by atoms with Crippen LogP contribution in [0.5, 0.6) is 5.75 Å². The number of ether oxygens (including phenoxy) is 1. The number of aryl methyl sites for hydroxylation is 2. The molecule has 0 saturated heterocycles. The van der Waals surface area contributed by atoms with Gasteiger partial charge in [-0.15, -0.1) is 0 Å². The second-order valence-corrected chi connectivity index (χ2v) is 7.77. The minimum atomic E-state index is 0.407. The smallest absolute Gasteiger partial charge is 0.124 e. The molecule has 0 fully saturated rings. The molecule has 3 heteroatoms. The molecule has 0 radical (unpaired) electrons. The molecule has 0 amide bonds. The van der Waals surface area contributed by atoms with E-state index in [1.54, 1.807) is 0 Å². The number of benzene rings is 3. The normalized spacial score (nSPS) is 12.0. The quantitative estimate of drug-likeness (QED) is 0.458. The molecule has 0 heterocycles. The third-order valence-corrected chi connectivity index (χ3v) is 5.12. The fraction of sp³-hybridized carbons (Fsp3) is 0.280. The first-order chi connectivity index (χ1) is 13.6. The van der Waals surface area contributed by atoms with Crippen LogP contribution in [0, 0.1) is 6.92 Å². The third-order valence-electron chi connectivity index (χ3n) is 4.89. The van der Waals surface area contributed by atoms with Gasteiger partial charge in [-0.1, -0.05) is 71.8 Å². The van der Waals surface area contributed by atoms with Gasteiger partial charge in [-0.05, 0) is 56.0 Å². The minimum Gasteiger partial charge on any atom is -0.489 e. The highest BCUT2D eigenvalue weighted by Gasteiger charge is 2.08. The Morgan fingerprint density at radius 3 is 2.43 bits per heavy atom. The van der Waals surface area contributed by atoms with Crippen molar-refractivity contribution in [3.05, 3.63) is 100 Å². The van der Waals surface area contributed by atoms with E-state index >= 15 is 0 Å². The van der Waals surface area contributed by atoms with Crippen LogP contribution in [0.25, 0.3) is 0 Å². The lowest BCUT2D eigenvalue weighted by Crippen LogP contribution is -2.26. The van der Waals surface area contributed by atoms with Crippen molar-refractivity contribution in [3.8, 4) is 5.75 Å². The van der Waals surface area contributed by atoms with E-state index < -0.39 is 0 Å². The van der Waals surface area contributed by atoms with Crippen LogP contribution in [0.4, 0.5) is 0 Å². The summed E-state index contributed by atoms with van der Waals surface area (Å²) in [5, 5.41) is 4.34. The largest absolute Gasteiger partial charge is 0.489 e. The second-order valence-electron chi connectivity index (χ2n) is 7.33. The molecule has 28 heavy (non-hydrogen) atoms. The first kappa shape index (κ1) is 20.4. The summed E-state index contributed by atoms with van der Waals surface area (Å²) in [6.07, 6.45) is 2.16. The van der Waals surface area contributed by atoms with E-state index in [9.17, 15) is 0 Å². The predicted octanol–water partition coefficient (Wildman–Crippen LogP) is 6.34. The summed E-state index contributed by atoms with van der Waals surface area (Å²) >= 11 is 6.22. The Hall–Kier alpha value is -2.29. The zero-order valence-electron chi connectivity index (χ0n) is 16.6. The standard InChI is InChI=1S/C25H28ClNO/c1-19-8-11-22(12-9-19)18-28-25-15-14-24(26)16-23(25)17-27-20(2)10-13-21-6-4-3-5-7-21/h3-9,11-12,14-16,20,27H,10,13,17-18H2,1-2H3/t20-/m1/s1. The van der Waals surface area contributed by atoms with Crippen molar-refractivity contribution < 1.29 is 4.74 Å². The highest BCUT2D eigenvalue weighted by molar-refractivity contribution is 6.30. The summed E-state index contributed by atoms with van der Waals surface area (Å²) in [6, 6.07) is 25.3. The topological polar surface area (TPSA) is 21.3 Å². The van der Waals surface area contributed by atoms with Crippen LogP contribution in [-0.4, -0.2) is 6.04 Å². The van der Waals surface area contributed by atoms with Crippen LogP contribution < -0.4 is 10.1 Å². The molecule has 0 spiro atoms. The molecule has 0 bridgehead atoms. The van der Waals surface area contributed by atoms with E-state index in [4.69, 9.17) is 16.3 Å². The van der Waals surface area contributed by atoms with Gasteiger partial charge in [0.2, 0.25) is 0 Å². The van der Waals surface area contributed by atoms with E-state index in [1.807, 2.05) is 18.2 Å². The monoisotopic (exact) mass is 393 g/mol. The van der Waals surface area contributed by atoms with Gasteiger partial charge in [0.1, 0.15) is 12.4 Å². The summed E-state index contributed by atoms with van der Waals surface area (Å²) in [7, 11) is 0. The molecule has 2 nitrogen and oxygen atoms in total. The van der Waals surface area contributed by atoms with Gasteiger partial charge in [0.15, 0.2) is 0 Å². The third kappa shape index (κ3) is 6.40. The van der Waals surface area contributed by atoms with Crippen LogP contribution >= 0.6 is 11.6 Å². The Labute approximate surface area is 173 Å². The molecule has 0 saturated carbocycles. The minimum absolute atomic E-state index is 0.407.